The predicted molar refractivity (Wildman–Crippen MR) is 133 cm³/mol. The summed E-state index contributed by atoms with van der Waals surface area (Å²) in [5.74, 6) is -0.111. The molecule has 0 bridgehead atoms. The van der Waals surface area contributed by atoms with Crippen molar-refractivity contribution >= 4 is 5.91 Å². The first kappa shape index (κ1) is 25.1. The highest BCUT2D eigenvalue weighted by Crippen LogP contribution is 2.26. The van der Waals surface area contributed by atoms with Gasteiger partial charge < -0.3 is 24.3 Å². The molecule has 0 saturated carbocycles. The molecule has 6 nitrogen and oxygen atoms in total. The highest BCUT2D eigenvalue weighted by Gasteiger charge is 2.43. The van der Waals surface area contributed by atoms with Gasteiger partial charge in [0.05, 0.1) is 26.4 Å². The average Bonchev–Trinajstić information content (AvgIpc) is 2.90. The van der Waals surface area contributed by atoms with Crippen molar-refractivity contribution < 1.29 is 23.7 Å². The standard InChI is InChI=1S/C29H33NO5/c1-22(31)30-17-26-28(34-19-24-13-7-3-8-14-24)29(35-20-25-15-9-4-10-16-25)27(21-33-26)32-18-23-11-5-2-6-12-23/h2-16,26-29H,17-21H2,1H3,(H,30,31). The van der Waals surface area contributed by atoms with Crippen molar-refractivity contribution in [1.29, 1.82) is 0 Å². The summed E-state index contributed by atoms with van der Waals surface area (Å²) in [4.78, 5) is 11.6. The zero-order chi connectivity index (χ0) is 24.3. The third-order valence-electron chi connectivity index (χ3n) is 5.96. The summed E-state index contributed by atoms with van der Waals surface area (Å²) in [6.07, 6.45) is -1.50. The molecule has 1 amide bonds. The molecule has 1 saturated heterocycles. The van der Waals surface area contributed by atoms with Crippen molar-refractivity contribution in [2.45, 2.75) is 51.2 Å². The fourth-order valence-electron chi connectivity index (χ4n) is 4.11. The van der Waals surface area contributed by atoms with Crippen LogP contribution in [0.3, 0.4) is 0 Å². The van der Waals surface area contributed by atoms with E-state index in [-0.39, 0.29) is 24.2 Å². The third-order valence-corrected chi connectivity index (χ3v) is 5.96. The lowest BCUT2D eigenvalue weighted by atomic mass is 9.98. The molecule has 3 aromatic carbocycles. The Kier molecular flexibility index (Phi) is 9.43. The number of rotatable bonds is 11. The molecule has 0 aliphatic carbocycles. The Morgan fingerprint density at radius 3 is 1.69 bits per heavy atom. The molecule has 1 N–H and O–H groups in total. The fraction of sp³-hybridized carbons (Fsp3) is 0.345. The lowest BCUT2D eigenvalue weighted by Gasteiger charge is -2.42. The molecule has 4 rings (SSSR count). The van der Waals surface area contributed by atoms with Crippen molar-refractivity contribution in [2.75, 3.05) is 13.2 Å². The van der Waals surface area contributed by atoms with E-state index in [9.17, 15) is 4.79 Å². The second-order valence-corrected chi connectivity index (χ2v) is 8.67. The molecule has 4 unspecified atom stereocenters. The summed E-state index contributed by atoms with van der Waals surface area (Å²) in [5.41, 5.74) is 3.21. The molecule has 184 valence electrons. The largest absolute Gasteiger partial charge is 0.371 e. The Labute approximate surface area is 207 Å². The second-order valence-electron chi connectivity index (χ2n) is 8.67. The number of ether oxygens (including phenoxy) is 4. The zero-order valence-electron chi connectivity index (χ0n) is 20.0. The average molecular weight is 476 g/mol. The molecule has 0 spiro atoms. The van der Waals surface area contributed by atoms with E-state index in [0.29, 0.717) is 33.0 Å². The van der Waals surface area contributed by atoms with Gasteiger partial charge in [0.15, 0.2) is 0 Å². The lowest BCUT2D eigenvalue weighted by Crippen LogP contribution is -2.58. The molecule has 6 heteroatoms. The minimum atomic E-state index is -0.430. The van der Waals surface area contributed by atoms with Gasteiger partial charge in [-0.2, -0.15) is 0 Å². The molecule has 1 aliphatic heterocycles. The molecule has 1 fully saturated rings. The molecule has 3 aromatic rings. The smallest absolute Gasteiger partial charge is 0.216 e. The summed E-state index contributed by atoms with van der Waals surface area (Å²) in [6.45, 7) is 3.46. The van der Waals surface area contributed by atoms with Crippen molar-refractivity contribution in [2.24, 2.45) is 0 Å². The van der Waals surface area contributed by atoms with Gasteiger partial charge in [-0.05, 0) is 16.7 Å². The van der Waals surface area contributed by atoms with Gasteiger partial charge in [0.25, 0.3) is 0 Å². The Bertz CT molecular complexity index is 1020. The van der Waals surface area contributed by atoms with Crippen LogP contribution >= 0.6 is 0 Å². The van der Waals surface area contributed by atoms with Crippen molar-refractivity contribution in [1.82, 2.24) is 5.32 Å². The zero-order valence-corrected chi connectivity index (χ0v) is 20.0. The first-order valence-corrected chi connectivity index (χ1v) is 12.0. The minimum absolute atomic E-state index is 0.111. The Morgan fingerprint density at radius 1 is 0.743 bits per heavy atom. The van der Waals surface area contributed by atoms with Crippen LogP contribution in [-0.2, 0) is 43.6 Å². The lowest BCUT2D eigenvalue weighted by molar-refractivity contribution is -0.236. The van der Waals surface area contributed by atoms with E-state index in [2.05, 4.69) is 5.32 Å². The topological polar surface area (TPSA) is 66.0 Å². The number of carbonyl (C=O) groups is 1. The maximum atomic E-state index is 11.6. The van der Waals surface area contributed by atoms with Gasteiger partial charge in [0, 0.05) is 13.5 Å². The maximum Gasteiger partial charge on any atom is 0.216 e. The maximum absolute atomic E-state index is 11.6. The van der Waals surface area contributed by atoms with E-state index in [1.807, 2.05) is 91.0 Å². The summed E-state index contributed by atoms with van der Waals surface area (Å²) >= 11 is 0. The molecular weight excluding hydrogens is 442 g/mol. The van der Waals surface area contributed by atoms with Gasteiger partial charge in [0.2, 0.25) is 5.91 Å². The quantitative estimate of drug-likeness (QED) is 0.449. The highest BCUT2D eigenvalue weighted by molar-refractivity contribution is 5.72. The van der Waals surface area contributed by atoms with Crippen LogP contribution in [0.15, 0.2) is 91.0 Å². The van der Waals surface area contributed by atoms with Crippen LogP contribution in [0.25, 0.3) is 0 Å². The van der Waals surface area contributed by atoms with E-state index in [1.165, 1.54) is 6.92 Å². The predicted octanol–water partition coefficient (Wildman–Crippen LogP) is 4.28. The SMILES string of the molecule is CC(=O)NCC1OCC(OCc2ccccc2)C(OCc2ccccc2)C1OCc1ccccc1. The molecule has 4 atom stereocenters. The number of benzene rings is 3. The molecule has 0 aromatic heterocycles. The van der Waals surface area contributed by atoms with Crippen LogP contribution in [0.4, 0.5) is 0 Å². The van der Waals surface area contributed by atoms with Crippen LogP contribution < -0.4 is 5.32 Å². The van der Waals surface area contributed by atoms with E-state index in [0.717, 1.165) is 16.7 Å². The van der Waals surface area contributed by atoms with Crippen LogP contribution in [0, 0.1) is 0 Å². The summed E-state index contributed by atoms with van der Waals surface area (Å²) in [5, 5.41) is 2.87. The summed E-state index contributed by atoms with van der Waals surface area (Å²) in [6, 6.07) is 30.1. The van der Waals surface area contributed by atoms with E-state index < -0.39 is 6.10 Å². The van der Waals surface area contributed by atoms with Crippen LogP contribution in [0.5, 0.6) is 0 Å². The van der Waals surface area contributed by atoms with Gasteiger partial charge in [0.1, 0.15) is 24.4 Å². The molecule has 1 aliphatic rings. The van der Waals surface area contributed by atoms with Gasteiger partial charge in [-0.3, -0.25) is 4.79 Å². The van der Waals surface area contributed by atoms with E-state index in [1.54, 1.807) is 0 Å². The number of nitrogens with one attached hydrogen (secondary N) is 1. The number of hydrogen-bond donors (Lipinski definition) is 1. The van der Waals surface area contributed by atoms with Gasteiger partial charge in [-0.25, -0.2) is 0 Å². The first-order valence-electron chi connectivity index (χ1n) is 12.0. The number of amides is 1. The Hall–Kier alpha value is -3.03. The second kappa shape index (κ2) is 13.2. The van der Waals surface area contributed by atoms with E-state index >= 15 is 0 Å². The highest BCUT2D eigenvalue weighted by atomic mass is 16.6. The Balaban J connectivity index is 1.52. The molecular formula is C29H33NO5. The normalized spacial score (nSPS) is 22.0. The molecule has 35 heavy (non-hydrogen) atoms. The van der Waals surface area contributed by atoms with Crippen molar-refractivity contribution in [3.63, 3.8) is 0 Å². The third kappa shape index (κ3) is 7.73. The van der Waals surface area contributed by atoms with Gasteiger partial charge >= 0.3 is 0 Å². The number of hydrogen-bond acceptors (Lipinski definition) is 5. The van der Waals surface area contributed by atoms with Crippen molar-refractivity contribution in [3.8, 4) is 0 Å². The monoisotopic (exact) mass is 475 g/mol. The Morgan fingerprint density at radius 2 is 1.20 bits per heavy atom. The molecule has 1 heterocycles. The van der Waals surface area contributed by atoms with Gasteiger partial charge in [-0.1, -0.05) is 91.0 Å². The van der Waals surface area contributed by atoms with Crippen LogP contribution in [0.2, 0.25) is 0 Å². The fourth-order valence-corrected chi connectivity index (χ4v) is 4.11. The van der Waals surface area contributed by atoms with Crippen LogP contribution in [-0.4, -0.2) is 43.5 Å². The molecule has 0 radical (unpaired) electrons. The summed E-state index contributed by atoms with van der Waals surface area (Å²) in [7, 11) is 0. The summed E-state index contributed by atoms with van der Waals surface area (Å²) < 4.78 is 25.4. The minimum Gasteiger partial charge on any atom is -0.371 e. The van der Waals surface area contributed by atoms with E-state index in [4.69, 9.17) is 18.9 Å². The van der Waals surface area contributed by atoms with Gasteiger partial charge in [-0.15, -0.1) is 0 Å². The van der Waals surface area contributed by atoms with Crippen molar-refractivity contribution in [3.05, 3.63) is 108 Å². The van der Waals surface area contributed by atoms with Crippen LogP contribution in [0.1, 0.15) is 23.6 Å². The number of carbonyl (C=O) groups excluding carboxylic acids is 1. The first-order chi connectivity index (χ1) is 17.2.